The maximum atomic E-state index is 12.1. The van der Waals surface area contributed by atoms with E-state index in [0.717, 1.165) is 0 Å². The van der Waals surface area contributed by atoms with Gasteiger partial charge in [-0.05, 0) is 42.5 Å². The molecule has 2 aromatic rings. The van der Waals surface area contributed by atoms with Crippen LogP contribution in [0.1, 0.15) is 24.2 Å². The van der Waals surface area contributed by atoms with Crippen molar-refractivity contribution in [1.29, 1.82) is 0 Å². The Hall–Kier alpha value is -3.35. The second-order valence-electron chi connectivity index (χ2n) is 6.20. The van der Waals surface area contributed by atoms with Crippen LogP contribution in [0, 0.1) is 5.92 Å². The summed E-state index contributed by atoms with van der Waals surface area (Å²) in [7, 11) is 1.32. The van der Waals surface area contributed by atoms with Crippen LogP contribution in [-0.4, -0.2) is 31.4 Å². The monoisotopic (exact) mass is 369 g/mol. The van der Waals surface area contributed by atoms with Crippen LogP contribution in [0.2, 0.25) is 0 Å². The first kappa shape index (κ1) is 20.0. The minimum Gasteiger partial charge on any atom is -0.465 e. The number of amides is 2. The van der Waals surface area contributed by atoms with Crippen molar-refractivity contribution < 1.29 is 19.1 Å². The minimum absolute atomic E-state index is 0.0557. The number of carbonyl (C=O) groups excluding carboxylic acids is 3. The lowest BCUT2D eigenvalue weighted by molar-refractivity contribution is -0.119. The lowest BCUT2D eigenvalue weighted by Gasteiger charge is -2.11. The third kappa shape index (κ3) is 6.14. The van der Waals surface area contributed by atoms with E-state index in [-0.39, 0.29) is 24.3 Å². The molecule has 0 aliphatic carbocycles. The number of carbonyl (C=O) groups is 3. The minimum atomic E-state index is -0.413. The average molecular weight is 369 g/mol. The normalized spacial score (nSPS) is 10.2. The number of hydrogen-bond acceptors (Lipinski definition) is 5. The maximum absolute atomic E-state index is 12.1. The van der Waals surface area contributed by atoms with E-state index in [0.29, 0.717) is 22.6 Å². The smallest absolute Gasteiger partial charge is 0.337 e. The molecule has 3 N–H and O–H groups in total. The predicted octanol–water partition coefficient (Wildman–Crippen LogP) is 3.12. The third-order valence-electron chi connectivity index (χ3n) is 3.70. The number of anilines is 3. The van der Waals surface area contributed by atoms with Crippen LogP contribution in [-0.2, 0) is 14.3 Å². The average Bonchev–Trinajstić information content (AvgIpc) is 2.66. The van der Waals surface area contributed by atoms with Crippen LogP contribution < -0.4 is 16.0 Å². The molecule has 7 nitrogen and oxygen atoms in total. The Morgan fingerprint density at radius 2 is 1.56 bits per heavy atom. The van der Waals surface area contributed by atoms with Crippen molar-refractivity contribution in [3.63, 3.8) is 0 Å². The maximum Gasteiger partial charge on any atom is 0.337 e. The van der Waals surface area contributed by atoms with Gasteiger partial charge < -0.3 is 20.7 Å². The molecule has 0 heterocycles. The summed E-state index contributed by atoms with van der Waals surface area (Å²) >= 11 is 0. The summed E-state index contributed by atoms with van der Waals surface area (Å²) in [6.07, 6.45) is 0. The fourth-order valence-corrected chi connectivity index (χ4v) is 2.19. The fourth-order valence-electron chi connectivity index (χ4n) is 2.19. The molecular formula is C20H23N3O4. The highest BCUT2D eigenvalue weighted by Crippen LogP contribution is 2.16. The molecule has 0 saturated carbocycles. The van der Waals surface area contributed by atoms with Gasteiger partial charge in [-0.2, -0.15) is 0 Å². The molecule has 0 bridgehead atoms. The zero-order valence-electron chi connectivity index (χ0n) is 15.5. The van der Waals surface area contributed by atoms with Crippen molar-refractivity contribution in [2.24, 2.45) is 5.92 Å². The van der Waals surface area contributed by atoms with Crippen molar-refractivity contribution in [2.45, 2.75) is 13.8 Å². The van der Waals surface area contributed by atoms with Gasteiger partial charge in [-0.15, -0.1) is 0 Å². The SMILES string of the molecule is COC(=O)c1ccc(NCC(=O)Nc2cccc(NC(=O)C(C)C)c2)cc1. The van der Waals surface area contributed by atoms with Gasteiger partial charge in [-0.3, -0.25) is 9.59 Å². The number of esters is 1. The summed E-state index contributed by atoms with van der Waals surface area (Å²) in [6, 6.07) is 13.6. The molecule has 2 amide bonds. The topological polar surface area (TPSA) is 96.5 Å². The number of nitrogens with one attached hydrogen (secondary N) is 3. The number of benzene rings is 2. The third-order valence-corrected chi connectivity index (χ3v) is 3.70. The molecule has 2 rings (SSSR count). The van der Waals surface area contributed by atoms with Gasteiger partial charge >= 0.3 is 5.97 Å². The van der Waals surface area contributed by atoms with Crippen LogP contribution in [0.15, 0.2) is 48.5 Å². The van der Waals surface area contributed by atoms with Gasteiger partial charge in [0.1, 0.15) is 0 Å². The zero-order valence-corrected chi connectivity index (χ0v) is 15.5. The quantitative estimate of drug-likeness (QED) is 0.652. The molecule has 0 spiro atoms. The van der Waals surface area contributed by atoms with E-state index in [1.165, 1.54) is 7.11 Å². The highest BCUT2D eigenvalue weighted by molar-refractivity contribution is 5.96. The fraction of sp³-hybridized carbons (Fsp3) is 0.250. The van der Waals surface area contributed by atoms with E-state index in [1.54, 1.807) is 48.5 Å². The Labute approximate surface area is 158 Å². The molecular weight excluding hydrogens is 346 g/mol. The lowest BCUT2D eigenvalue weighted by Crippen LogP contribution is -2.22. The Balaban J connectivity index is 1.88. The van der Waals surface area contributed by atoms with E-state index in [9.17, 15) is 14.4 Å². The van der Waals surface area contributed by atoms with Crippen LogP contribution in [0.4, 0.5) is 17.1 Å². The molecule has 0 fully saturated rings. The van der Waals surface area contributed by atoms with Gasteiger partial charge in [-0.1, -0.05) is 19.9 Å². The molecule has 0 aliphatic heterocycles. The Kier molecular flexibility index (Phi) is 6.93. The first-order valence-electron chi connectivity index (χ1n) is 8.52. The highest BCUT2D eigenvalue weighted by atomic mass is 16.5. The van der Waals surface area contributed by atoms with E-state index in [1.807, 2.05) is 13.8 Å². The summed E-state index contributed by atoms with van der Waals surface area (Å²) in [5.41, 5.74) is 2.35. The predicted molar refractivity (Wildman–Crippen MR) is 105 cm³/mol. The van der Waals surface area contributed by atoms with Crippen molar-refractivity contribution in [3.8, 4) is 0 Å². The first-order chi connectivity index (χ1) is 12.9. The summed E-state index contributed by atoms with van der Waals surface area (Å²) < 4.78 is 4.64. The van der Waals surface area contributed by atoms with Crippen LogP contribution >= 0.6 is 0 Å². The van der Waals surface area contributed by atoms with E-state index in [2.05, 4.69) is 20.7 Å². The molecule has 0 saturated heterocycles. The Morgan fingerprint density at radius 1 is 0.926 bits per heavy atom. The number of methoxy groups -OCH3 is 1. The molecule has 27 heavy (non-hydrogen) atoms. The second kappa shape index (κ2) is 9.38. The van der Waals surface area contributed by atoms with Crippen LogP contribution in [0.3, 0.4) is 0 Å². The van der Waals surface area contributed by atoms with Gasteiger partial charge in [0.2, 0.25) is 11.8 Å². The van der Waals surface area contributed by atoms with Gasteiger partial charge in [-0.25, -0.2) is 4.79 Å². The second-order valence-corrected chi connectivity index (χ2v) is 6.20. The molecule has 0 radical (unpaired) electrons. The molecule has 0 atom stereocenters. The molecule has 0 aromatic heterocycles. The van der Waals surface area contributed by atoms with E-state index in [4.69, 9.17) is 0 Å². The van der Waals surface area contributed by atoms with E-state index >= 15 is 0 Å². The van der Waals surface area contributed by atoms with Crippen molar-refractivity contribution >= 4 is 34.8 Å². The number of ether oxygens (including phenoxy) is 1. The van der Waals surface area contributed by atoms with Crippen LogP contribution in [0.5, 0.6) is 0 Å². The zero-order chi connectivity index (χ0) is 19.8. The van der Waals surface area contributed by atoms with Gasteiger partial charge in [0.05, 0.1) is 19.2 Å². The van der Waals surface area contributed by atoms with Gasteiger partial charge in [0.15, 0.2) is 0 Å². The van der Waals surface area contributed by atoms with Crippen molar-refractivity contribution in [1.82, 2.24) is 0 Å². The summed E-state index contributed by atoms with van der Waals surface area (Å²) in [4.78, 5) is 35.3. The lowest BCUT2D eigenvalue weighted by atomic mass is 10.2. The summed E-state index contributed by atoms with van der Waals surface area (Å²) in [6.45, 7) is 3.68. The number of hydrogen-bond donors (Lipinski definition) is 3. The molecule has 142 valence electrons. The molecule has 7 heteroatoms. The molecule has 0 unspecified atom stereocenters. The van der Waals surface area contributed by atoms with E-state index < -0.39 is 5.97 Å². The summed E-state index contributed by atoms with van der Waals surface area (Å²) in [5.74, 6) is -0.864. The molecule has 2 aromatic carbocycles. The summed E-state index contributed by atoms with van der Waals surface area (Å²) in [5, 5.41) is 8.53. The highest BCUT2D eigenvalue weighted by Gasteiger charge is 2.09. The first-order valence-corrected chi connectivity index (χ1v) is 8.52. The number of rotatable bonds is 7. The largest absolute Gasteiger partial charge is 0.465 e. The van der Waals surface area contributed by atoms with Crippen molar-refractivity contribution in [3.05, 3.63) is 54.1 Å². The van der Waals surface area contributed by atoms with Gasteiger partial charge in [0, 0.05) is 23.0 Å². The Bertz CT molecular complexity index is 816. The standard InChI is InChI=1S/C20H23N3O4/c1-13(2)19(25)23-17-6-4-5-16(11-17)22-18(24)12-21-15-9-7-14(8-10-15)20(26)27-3/h4-11,13,21H,12H2,1-3H3,(H,22,24)(H,23,25). The van der Waals surface area contributed by atoms with Gasteiger partial charge in [0.25, 0.3) is 0 Å². The van der Waals surface area contributed by atoms with Crippen molar-refractivity contribution in [2.75, 3.05) is 29.6 Å². The molecule has 0 aliphatic rings. The Morgan fingerprint density at radius 3 is 2.15 bits per heavy atom. The van der Waals surface area contributed by atoms with Crippen LogP contribution in [0.25, 0.3) is 0 Å².